The molecule has 2 aromatic rings. The topological polar surface area (TPSA) is 152 Å². The Balaban J connectivity index is 1.79. The molecule has 4 rings (SSSR count). The molecule has 1 aliphatic heterocycles. The van der Waals surface area contributed by atoms with Gasteiger partial charge in [-0.1, -0.05) is 6.92 Å². The van der Waals surface area contributed by atoms with Gasteiger partial charge in [-0.15, -0.1) is 0 Å². The Morgan fingerprint density at radius 2 is 1.97 bits per heavy atom. The van der Waals surface area contributed by atoms with Gasteiger partial charge >= 0.3 is 0 Å². The number of carbonyl (C=O) groups excluding carboxylic acids is 2. The third-order valence-electron chi connectivity index (χ3n) is 6.51. The summed E-state index contributed by atoms with van der Waals surface area (Å²) in [6.07, 6.45) is 5.48. The van der Waals surface area contributed by atoms with Crippen LogP contribution in [-0.2, 0) is 4.79 Å². The van der Waals surface area contributed by atoms with E-state index in [2.05, 4.69) is 10.3 Å². The van der Waals surface area contributed by atoms with Crippen LogP contribution in [0.4, 0.5) is 11.6 Å². The molecule has 2 aromatic heterocycles. The van der Waals surface area contributed by atoms with Crippen LogP contribution in [0.1, 0.15) is 43.5 Å². The van der Waals surface area contributed by atoms with E-state index < -0.39 is 5.91 Å². The number of hydrogen-bond donors (Lipinski definition) is 4. The van der Waals surface area contributed by atoms with Crippen LogP contribution in [0.2, 0.25) is 0 Å². The molecule has 1 saturated heterocycles. The first-order valence-corrected chi connectivity index (χ1v) is 10.8. The number of nitrogens with one attached hydrogen (secondary N) is 1. The van der Waals surface area contributed by atoms with Gasteiger partial charge in [-0.05, 0) is 32.3 Å². The summed E-state index contributed by atoms with van der Waals surface area (Å²) in [4.78, 5) is 35.6. The van der Waals surface area contributed by atoms with Crippen LogP contribution in [0, 0.1) is 11.8 Å². The van der Waals surface area contributed by atoms with Gasteiger partial charge in [0.05, 0.1) is 6.20 Å². The fraction of sp³-hybridized carbons (Fsp3) is 0.455. The zero-order valence-electron chi connectivity index (χ0n) is 18.6. The number of nitrogen functional groups attached to an aromatic ring is 1. The van der Waals surface area contributed by atoms with Crippen molar-refractivity contribution in [1.82, 2.24) is 19.9 Å². The van der Waals surface area contributed by atoms with Crippen LogP contribution in [0.25, 0.3) is 16.9 Å². The maximum atomic E-state index is 12.3. The standard InChI is InChI=1S/C22H29N7O3/c1-11-4-5-14(30)12(2)18(11)29-19(23)16(20(24)31)17-21(29)26-10-15(27-17)28-8-6-13(7-9-28)22(32)25-3/h5,10-11,13,30H,4,6-9,23H2,1-3H3,(H2,24,31)(H,25,32)/t11-/m1/s1. The highest BCUT2D eigenvalue weighted by Gasteiger charge is 2.30. The molecule has 1 atom stereocenters. The van der Waals surface area contributed by atoms with Crippen LogP contribution in [0.5, 0.6) is 0 Å². The van der Waals surface area contributed by atoms with Crippen molar-refractivity contribution in [3.63, 3.8) is 0 Å². The molecule has 0 saturated carbocycles. The van der Waals surface area contributed by atoms with Crippen molar-refractivity contribution in [2.75, 3.05) is 30.8 Å². The summed E-state index contributed by atoms with van der Waals surface area (Å²) >= 11 is 0. The number of aliphatic hydroxyl groups is 1. The van der Waals surface area contributed by atoms with E-state index in [0.717, 1.165) is 5.70 Å². The molecule has 1 aliphatic carbocycles. The molecule has 2 aliphatic rings. The zero-order chi connectivity index (χ0) is 23.2. The van der Waals surface area contributed by atoms with Gasteiger partial charge in [0, 0.05) is 43.2 Å². The van der Waals surface area contributed by atoms with E-state index in [9.17, 15) is 14.7 Å². The highest BCUT2D eigenvalue weighted by atomic mass is 16.3. The molecule has 2 amide bonds. The molecule has 3 heterocycles. The van der Waals surface area contributed by atoms with Gasteiger partial charge in [0.15, 0.2) is 5.65 Å². The van der Waals surface area contributed by atoms with Crippen molar-refractivity contribution in [3.05, 3.63) is 29.2 Å². The maximum absolute atomic E-state index is 12.3. The molecule has 0 aromatic carbocycles. The molecule has 0 spiro atoms. The number of piperidine rings is 1. The number of carbonyl (C=O) groups is 2. The molecule has 170 valence electrons. The number of primary amides is 1. The summed E-state index contributed by atoms with van der Waals surface area (Å²) in [5.41, 5.74) is 14.4. The number of fused-ring (bicyclic) bond motifs is 1. The lowest BCUT2D eigenvalue weighted by atomic mass is 9.93. The Bertz CT molecular complexity index is 1160. The highest BCUT2D eigenvalue weighted by molar-refractivity contribution is 6.10. The van der Waals surface area contributed by atoms with Gasteiger partial charge in [-0.2, -0.15) is 0 Å². The Hall–Kier alpha value is -3.56. The quantitative estimate of drug-likeness (QED) is 0.566. The number of aromatic nitrogens is 3. The van der Waals surface area contributed by atoms with E-state index in [0.29, 0.717) is 54.9 Å². The van der Waals surface area contributed by atoms with Crippen LogP contribution in [0.15, 0.2) is 23.6 Å². The van der Waals surface area contributed by atoms with E-state index in [4.69, 9.17) is 16.5 Å². The van der Waals surface area contributed by atoms with Gasteiger partial charge in [-0.25, -0.2) is 9.97 Å². The van der Waals surface area contributed by atoms with E-state index >= 15 is 0 Å². The Kier molecular flexibility index (Phi) is 5.53. The first-order chi connectivity index (χ1) is 15.2. The number of nitrogens with two attached hydrogens (primary N) is 2. The maximum Gasteiger partial charge on any atom is 0.254 e. The first-order valence-electron chi connectivity index (χ1n) is 10.8. The van der Waals surface area contributed by atoms with Gasteiger partial charge < -0.3 is 26.8 Å². The lowest BCUT2D eigenvalue weighted by Gasteiger charge is -2.31. The SMILES string of the molecule is CNC(=O)C1CCN(c2cnc3c(n2)c(C(N)=O)c(N)n3C2=C(C)C(O)=CC[C@H]2C)CC1. The van der Waals surface area contributed by atoms with Gasteiger partial charge in [0.2, 0.25) is 5.91 Å². The second kappa shape index (κ2) is 8.18. The van der Waals surface area contributed by atoms with Gasteiger partial charge in [-0.3, -0.25) is 14.2 Å². The van der Waals surface area contributed by atoms with Crippen molar-refractivity contribution < 1.29 is 14.7 Å². The van der Waals surface area contributed by atoms with Crippen molar-refractivity contribution in [1.29, 1.82) is 0 Å². The molecule has 1 fully saturated rings. The lowest BCUT2D eigenvalue weighted by Crippen LogP contribution is -2.40. The normalized spacial score (nSPS) is 19.9. The van der Waals surface area contributed by atoms with Crippen LogP contribution >= 0.6 is 0 Å². The Labute approximate surface area is 186 Å². The molecule has 0 bridgehead atoms. The first kappa shape index (κ1) is 21.7. The van der Waals surface area contributed by atoms with E-state index in [1.54, 1.807) is 23.9 Å². The third-order valence-corrected chi connectivity index (χ3v) is 6.51. The predicted octanol–water partition coefficient (Wildman–Crippen LogP) is 1.79. The highest BCUT2D eigenvalue weighted by Crippen LogP contribution is 2.38. The Morgan fingerprint density at radius 3 is 2.59 bits per heavy atom. The van der Waals surface area contributed by atoms with Gasteiger partial charge in [0.1, 0.15) is 28.5 Å². The third kappa shape index (κ3) is 3.45. The summed E-state index contributed by atoms with van der Waals surface area (Å²) in [5.74, 6) is 0.358. The van der Waals surface area contributed by atoms with Gasteiger partial charge in [0.25, 0.3) is 5.91 Å². The van der Waals surface area contributed by atoms with Crippen molar-refractivity contribution >= 4 is 40.3 Å². The fourth-order valence-electron chi connectivity index (χ4n) is 4.71. The number of amides is 2. The number of allylic oxidation sites excluding steroid dienone is 3. The summed E-state index contributed by atoms with van der Waals surface area (Å²) in [5, 5.41) is 13.0. The second-order valence-corrected chi connectivity index (χ2v) is 8.47. The largest absolute Gasteiger partial charge is 0.508 e. The molecule has 10 nitrogen and oxygen atoms in total. The fourth-order valence-corrected chi connectivity index (χ4v) is 4.71. The van der Waals surface area contributed by atoms with Crippen LogP contribution < -0.4 is 21.7 Å². The number of hydrogen-bond acceptors (Lipinski definition) is 7. The number of anilines is 2. The van der Waals surface area contributed by atoms with Crippen LogP contribution in [0.3, 0.4) is 0 Å². The number of nitrogens with zero attached hydrogens (tertiary/aromatic N) is 4. The molecule has 10 heteroatoms. The molecule has 0 radical (unpaired) electrons. The van der Waals surface area contributed by atoms with Crippen LogP contribution in [-0.4, -0.2) is 51.6 Å². The zero-order valence-corrected chi connectivity index (χ0v) is 18.6. The predicted molar refractivity (Wildman–Crippen MR) is 123 cm³/mol. The van der Waals surface area contributed by atoms with E-state index in [1.165, 1.54) is 0 Å². The molecular weight excluding hydrogens is 410 g/mol. The molecule has 0 unspecified atom stereocenters. The monoisotopic (exact) mass is 439 g/mol. The average molecular weight is 440 g/mol. The Morgan fingerprint density at radius 1 is 1.28 bits per heavy atom. The molecular formula is C22H29N7O3. The minimum atomic E-state index is -0.683. The molecule has 6 N–H and O–H groups in total. The summed E-state index contributed by atoms with van der Waals surface area (Å²) in [7, 11) is 1.65. The minimum Gasteiger partial charge on any atom is -0.508 e. The summed E-state index contributed by atoms with van der Waals surface area (Å²) in [6.45, 7) is 5.14. The van der Waals surface area contributed by atoms with E-state index in [-0.39, 0.29) is 34.9 Å². The second-order valence-electron chi connectivity index (χ2n) is 8.47. The smallest absolute Gasteiger partial charge is 0.254 e. The molecule has 32 heavy (non-hydrogen) atoms. The summed E-state index contributed by atoms with van der Waals surface area (Å²) < 4.78 is 1.69. The van der Waals surface area contributed by atoms with Crippen molar-refractivity contribution in [2.24, 2.45) is 17.6 Å². The van der Waals surface area contributed by atoms with Crippen molar-refractivity contribution in [3.8, 4) is 0 Å². The van der Waals surface area contributed by atoms with Crippen molar-refractivity contribution in [2.45, 2.75) is 33.1 Å². The average Bonchev–Trinajstić information content (AvgIpc) is 3.07. The number of aliphatic hydroxyl groups excluding tert-OH is 1. The van der Waals surface area contributed by atoms with E-state index in [1.807, 2.05) is 18.7 Å². The lowest BCUT2D eigenvalue weighted by molar-refractivity contribution is -0.125. The number of rotatable bonds is 4. The summed E-state index contributed by atoms with van der Waals surface area (Å²) in [6, 6.07) is 0. The minimum absolute atomic E-state index is 0.0192.